The van der Waals surface area contributed by atoms with Gasteiger partial charge in [0.05, 0.1) is 0 Å². The van der Waals surface area contributed by atoms with E-state index in [-0.39, 0.29) is 12.0 Å². The Balaban J connectivity index is 1.70. The molecule has 0 spiro atoms. The first kappa shape index (κ1) is 18.2. The lowest BCUT2D eigenvalue weighted by molar-refractivity contribution is -0.133. The van der Waals surface area contributed by atoms with Gasteiger partial charge in [-0.1, -0.05) is 6.07 Å². The molecule has 0 aliphatic carbocycles. The topological polar surface area (TPSA) is 62.7 Å². The van der Waals surface area contributed by atoms with Gasteiger partial charge in [-0.25, -0.2) is 4.79 Å². The van der Waals surface area contributed by atoms with Crippen molar-refractivity contribution in [3.8, 4) is 0 Å². The molecule has 2 rings (SSSR count). The minimum atomic E-state index is -0.490. The largest absolute Gasteiger partial charge is 0.444 e. The Morgan fingerprint density at radius 2 is 1.83 bits per heavy atom. The number of carbonyl (C=O) groups is 2. The van der Waals surface area contributed by atoms with Crippen molar-refractivity contribution >= 4 is 12.0 Å². The molecule has 0 atom stereocenters. The second-order valence-electron chi connectivity index (χ2n) is 7.06. The third-order valence-corrected chi connectivity index (χ3v) is 3.86. The van der Waals surface area contributed by atoms with Gasteiger partial charge in [0.2, 0.25) is 5.91 Å². The summed E-state index contributed by atoms with van der Waals surface area (Å²) in [6, 6.07) is 3.93. The monoisotopic (exact) mass is 333 g/mol. The fourth-order valence-corrected chi connectivity index (χ4v) is 2.61. The number of amides is 2. The Labute approximate surface area is 143 Å². The molecule has 1 fully saturated rings. The van der Waals surface area contributed by atoms with Crippen molar-refractivity contribution in [3.05, 3.63) is 30.1 Å². The predicted octanol–water partition coefficient (Wildman–Crippen LogP) is 2.48. The molecule has 0 bridgehead atoms. The Kier molecular flexibility index (Phi) is 6.17. The third-order valence-electron chi connectivity index (χ3n) is 3.86. The quantitative estimate of drug-likeness (QED) is 0.849. The minimum absolute atomic E-state index is 0.155. The van der Waals surface area contributed by atoms with E-state index < -0.39 is 5.60 Å². The van der Waals surface area contributed by atoms with E-state index in [1.165, 1.54) is 0 Å². The summed E-state index contributed by atoms with van der Waals surface area (Å²) in [5.74, 6) is 0.155. The zero-order valence-electron chi connectivity index (χ0n) is 14.8. The van der Waals surface area contributed by atoms with Gasteiger partial charge < -0.3 is 14.5 Å². The summed E-state index contributed by atoms with van der Waals surface area (Å²) < 4.78 is 5.36. The normalized spacial score (nSPS) is 15.3. The van der Waals surface area contributed by atoms with Crippen LogP contribution in [0.15, 0.2) is 24.5 Å². The zero-order chi connectivity index (χ0) is 17.6. The molecule has 0 radical (unpaired) electrons. The first-order chi connectivity index (χ1) is 11.3. The molecule has 0 unspecified atom stereocenters. The molecule has 1 aliphatic heterocycles. The molecule has 0 N–H and O–H groups in total. The van der Waals surface area contributed by atoms with E-state index in [4.69, 9.17) is 4.74 Å². The second kappa shape index (κ2) is 8.13. The molecule has 1 aliphatic rings. The van der Waals surface area contributed by atoms with Crippen molar-refractivity contribution in [2.45, 2.75) is 45.6 Å². The molecule has 6 nitrogen and oxygen atoms in total. The van der Waals surface area contributed by atoms with E-state index in [2.05, 4.69) is 4.98 Å². The highest BCUT2D eigenvalue weighted by Crippen LogP contribution is 2.13. The van der Waals surface area contributed by atoms with Crippen molar-refractivity contribution in [3.63, 3.8) is 0 Å². The molecule has 1 aromatic heterocycles. The maximum Gasteiger partial charge on any atom is 0.410 e. The zero-order valence-corrected chi connectivity index (χ0v) is 14.8. The highest BCUT2D eigenvalue weighted by atomic mass is 16.6. The number of aryl methyl sites for hydroxylation is 1. The summed E-state index contributed by atoms with van der Waals surface area (Å²) in [6.45, 7) is 7.77. The molecular weight excluding hydrogens is 306 g/mol. The summed E-state index contributed by atoms with van der Waals surface area (Å²) in [5, 5.41) is 0. The number of hydrogen-bond acceptors (Lipinski definition) is 4. The Morgan fingerprint density at radius 1 is 1.17 bits per heavy atom. The number of nitrogens with zero attached hydrogens (tertiary/aromatic N) is 3. The second-order valence-corrected chi connectivity index (χ2v) is 7.06. The van der Waals surface area contributed by atoms with Crippen LogP contribution in [0.25, 0.3) is 0 Å². The van der Waals surface area contributed by atoms with Gasteiger partial charge in [-0.05, 0) is 45.2 Å². The van der Waals surface area contributed by atoms with Crippen LogP contribution in [0.4, 0.5) is 4.79 Å². The number of hydrogen-bond donors (Lipinski definition) is 0. The highest BCUT2D eigenvalue weighted by Gasteiger charge is 2.27. The number of pyridine rings is 1. The molecule has 2 heterocycles. The fraction of sp³-hybridized carbons (Fsp3) is 0.611. The van der Waals surface area contributed by atoms with Gasteiger partial charge >= 0.3 is 6.09 Å². The summed E-state index contributed by atoms with van der Waals surface area (Å²) >= 11 is 0. The Bertz CT molecular complexity index is 546. The van der Waals surface area contributed by atoms with Gasteiger partial charge in [-0.3, -0.25) is 9.78 Å². The average Bonchev–Trinajstić information content (AvgIpc) is 2.54. The molecule has 0 saturated carbocycles. The van der Waals surface area contributed by atoms with Gasteiger partial charge in [0.15, 0.2) is 0 Å². The first-order valence-electron chi connectivity index (χ1n) is 8.50. The third kappa shape index (κ3) is 5.83. The Hall–Kier alpha value is -2.11. The first-order valence-corrected chi connectivity index (χ1v) is 8.50. The van der Waals surface area contributed by atoms with Crippen LogP contribution < -0.4 is 0 Å². The maximum absolute atomic E-state index is 12.3. The van der Waals surface area contributed by atoms with Crippen LogP contribution in [-0.2, 0) is 16.0 Å². The van der Waals surface area contributed by atoms with Gasteiger partial charge in [-0.2, -0.15) is 0 Å². The maximum atomic E-state index is 12.3. The smallest absolute Gasteiger partial charge is 0.410 e. The molecule has 1 aromatic rings. The standard InChI is InChI=1S/C18H27N3O3/c1-18(2,3)24-17(23)21-12-10-20(11-13-21)16(22)8-4-6-15-7-5-9-19-14-15/h5,7,9,14H,4,6,8,10-13H2,1-3H3. The van der Waals surface area contributed by atoms with E-state index in [0.29, 0.717) is 32.6 Å². The SMILES string of the molecule is CC(C)(C)OC(=O)N1CCN(C(=O)CCCc2cccnc2)CC1. The lowest BCUT2D eigenvalue weighted by Gasteiger charge is -2.35. The van der Waals surface area contributed by atoms with Crippen LogP contribution in [0.1, 0.15) is 39.2 Å². The van der Waals surface area contributed by atoms with E-state index in [1.807, 2.05) is 44.0 Å². The molecule has 0 aromatic carbocycles. The summed E-state index contributed by atoms with van der Waals surface area (Å²) in [7, 11) is 0. The van der Waals surface area contributed by atoms with Gasteiger partial charge in [0.1, 0.15) is 5.60 Å². The van der Waals surface area contributed by atoms with Crippen molar-refractivity contribution in [1.82, 2.24) is 14.8 Å². The molecule has 1 saturated heterocycles. The van der Waals surface area contributed by atoms with Gasteiger partial charge in [0.25, 0.3) is 0 Å². The molecule has 132 valence electrons. The number of aromatic nitrogens is 1. The minimum Gasteiger partial charge on any atom is -0.444 e. The van der Waals surface area contributed by atoms with Crippen molar-refractivity contribution in [2.75, 3.05) is 26.2 Å². The van der Waals surface area contributed by atoms with Crippen molar-refractivity contribution < 1.29 is 14.3 Å². The highest BCUT2D eigenvalue weighted by molar-refractivity contribution is 5.76. The summed E-state index contributed by atoms with van der Waals surface area (Å²) in [4.78, 5) is 31.9. The number of piperazine rings is 1. The number of carbonyl (C=O) groups excluding carboxylic acids is 2. The lowest BCUT2D eigenvalue weighted by atomic mass is 10.1. The van der Waals surface area contributed by atoms with E-state index in [1.54, 1.807) is 11.1 Å². The summed E-state index contributed by atoms with van der Waals surface area (Å²) in [6.07, 6.45) is 5.49. The van der Waals surface area contributed by atoms with Crippen LogP contribution in [0.3, 0.4) is 0 Å². The summed E-state index contributed by atoms with van der Waals surface area (Å²) in [5.41, 5.74) is 0.663. The van der Waals surface area contributed by atoms with Gasteiger partial charge in [-0.15, -0.1) is 0 Å². The van der Waals surface area contributed by atoms with E-state index in [9.17, 15) is 9.59 Å². The molecule has 2 amide bonds. The van der Waals surface area contributed by atoms with Gasteiger partial charge in [0, 0.05) is 45.0 Å². The van der Waals surface area contributed by atoms with Crippen molar-refractivity contribution in [1.29, 1.82) is 0 Å². The molecular formula is C18H27N3O3. The van der Waals surface area contributed by atoms with Crippen LogP contribution in [-0.4, -0.2) is 58.6 Å². The molecule has 24 heavy (non-hydrogen) atoms. The fourth-order valence-electron chi connectivity index (χ4n) is 2.61. The predicted molar refractivity (Wildman–Crippen MR) is 91.6 cm³/mol. The number of rotatable bonds is 4. The van der Waals surface area contributed by atoms with E-state index >= 15 is 0 Å². The van der Waals surface area contributed by atoms with Crippen LogP contribution in [0, 0.1) is 0 Å². The van der Waals surface area contributed by atoms with Crippen molar-refractivity contribution in [2.24, 2.45) is 0 Å². The van der Waals surface area contributed by atoms with Crippen LogP contribution >= 0.6 is 0 Å². The average molecular weight is 333 g/mol. The molecule has 6 heteroatoms. The van der Waals surface area contributed by atoms with Crippen LogP contribution in [0.2, 0.25) is 0 Å². The van der Waals surface area contributed by atoms with Crippen LogP contribution in [0.5, 0.6) is 0 Å². The van der Waals surface area contributed by atoms with E-state index in [0.717, 1.165) is 18.4 Å². The number of ether oxygens (including phenoxy) is 1. The lowest BCUT2D eigenvalue weighted by Crippen LogP contribution is -2.51. The Morgan fingerprint density at radius 3 is 2.42 bits per heavy atom.